The first-order valence-corrected chi connectivity index (χ1v) is 27.6. The van der Waals surface area contributed by atoms with Crippen LogP contribution in [0.25, 0.3) is 0 Å². The molecule has 3 atom stereocenters. The lowest BCUT2D eigenvalue weighted by Gasteiger charge is -2.25. The lowest BCUT2D eigenvalue weighted by Crippen LogP contribution is -2.34. The fourth-order valence-electron chi connectivity index (χ4n) is 7.63. The molecule has 0 spiro atoms. The summed E-state index contributed by atoms with van der Waals surface area (Å²) in [7, 11) is 1.85. The van der Waals surface area contributed by atoms with E-state index < -0.39 is 0 Å². The number of allylic oxidation sites excluding steroid dienone is 3. The predicted molar refractivity (Wildman–Crippen MR) is 285 cm³/mol. The van der Waals surface area contributed by atoms with Crippen LogP contribution in [0.4, 0.5) is 0 Å². The molecule has 0 bridgehead atoms. The fourth-order valence-corrected chi connectivity index (χ4v) is 7.63. The van der Waals surface area contributed by atoms with Gasteiger partial charge in [-0.3, -0.25) is 0 Å². The molecule has 0 aromatic rings. The minimum atomic E-state index is -0.334. The van der Waals surface area contributed by atoms with E-state index in [1.54, 1.807) is 13.0 Å². The lowest BCUT2D eigenvalue weighted by atomic mass is 9.92. The number of rotatable bonds is 42. The number of ketones is 1. The summed E-state index contributed by atoms with van der Waals surface area (Å²) in [5.74, 6) is 2.11. The lowest BCUT2D eigenvalue weighted by molar-refractivity contribution is -0.117. The van der Waals surface area contributed by atoms with Gasteiger partial charge in [0.25, 0.3) is 0 Å². The Labute approximate surface area is 398 Å². The molecule has 63 heavy (non-hydrogen) atoms. The van der Waals surface area contributed by atoms with E-state index in [9.17, 15) is 14.7 Å². The highest BCUT2D eigenvalue weighted by Crippen LogP contribution is 2.22. The van der Waals surface area contributed by atoms with Gasteiger partial charge in [0.05, 0.1) is 6.10 Å². The van der Waals surface area contributed by atoms with E-state index in [0.29, 0.717) is 25.8 Å². The van der Waals surface area contributed by atoms with Crippen LogP contribution in [0.5, 0.6) is 0 Å². The molecule has 0 heterocycles. The third-order valence-corrected chi connectivity index (χ3v) is 11.8. The van der Waals surface area contributed by atoms with Gasteiger partial charge < -0.3 is 24.3 Å². The first kappa shape index (κ1) is 70.7. The van der Waals surface area contributed by atoms with Crippen molar-refractivity contribution in [2.45, 2.75) is 294 Å². The number of aldehydes is 1. The van der Waals surface area contributed by atoms with Crippen LogP contribution in [0, 0.1) is 11.8 Å². The minimum absolute atomic E-state index is 0.267. The van der Waals surface area contributed by atoms with Crippen LogP contribution in [0.15, 0.2) is 24.8 Å². The Morgan fingerprint density at radius 1 is 0.556 bits per heavy atom. The Morgan fingerprint density at radius 2 is 0.937 bits per heavy atom. The molecule has 0 saturated carbocycles. The Kier molecular flexibility index (Phi) is 75.5. The van der Waals surface area contributed by atoms with Gasteiger partial charge in [-0.05, 0) is 97.6 Å². The van der Waals surface area contributed by atoms with E-state index in [4.69, 9.17) is 4.74 Å². The molecule has 0 aliphatic heterocycles. The Morgan fingerprint density at radius 3 is 1.32 bits per heavy atom. The third kappa shape index (κ3) is 72.5. The summed E-state index contributed by atoms with van der Waals surface area (Å²) in [5.41, 5.74) is 0. The topological polar surface area (TPSA) is 66.8 Å². The van der Waals surface area contributed by atoms with Crippen molar-refractivity contribution in [2.75, 3.05) is 33.4 Å². The van der Waals surface area contributed by atoms with Crippen molar-refractivity contribution in [1.82, 2.24) is 4.90 Å². The molecule has 0 aromatic carbocycles. The smallest absolute Gasteiger partial charge is 0.129 e. The summed E-state index contributed by atoms with van der Waals surface area (Å²) in [6.07, 6.45) is 50.1. The van der Waals surface area contributed by atoms with Crippen molar-refractivity contribution in [3.63, 3.8) is 0 Å². The molecular weight excluding hydrogens is 775 g/mol. The Balaban J connectivity index is -0.000000249. The van der Waals surface area contributed by atoms with Crippen molar-refractivity contribution in [1.29, 1.82) is 0 Å². The zero-order chi connectivity index (χ0) is 48.3. The molecule has 5 heteroatoms. The second-order valence-corrected chi connectivity index (χ2v) is 18.4. The number of carbonyl (C=O) groups is 2. The number of unbranched alkanes of at least 4 members (excludes halogenated alkanes) is 20. The zero-order valence-electron chi connectivity index (χ0n) is 45.2. The maximum Gasteiger partial charge on any atom is 0.129 e. The van der Waals surface area contributed by atoms with Gasteiger partial charge >= 0.3 is 0 Å². The van der Waals surface area contributed by atoms with Gasteiger partial charge in [0.15, 0.2) is 0 Å². The van der Waals surface area contributed by atoms with Gasteiger partial charge in [-0.25, -0.2) is 0 Å². The molecule has 1 N–H and O–H groups in total. The Bertz CT molecular complexity index is 841. The maximum absolute atomic E-state index is 10.9. The van der Waals surface area contributed by atoms with E-state index in [1.165, 1.54) is 161 Å². The van der Waals surface area contributed by atoms with E-state index in [0.717, 1.165) is 76.3 Å². The van der Waals surface area contributed by atoms with Crippen molar-refractivity contribution in [3.8, 4) is 0 Å². The predicted octanol–water partition coefficient (Wildman–Crippen LogP) is 18.4. The molecule has 5 nitrogen and oxygen atoms in total. The highest BCUT2D eigenvalue weighted by molar-refractivity contribution is 5.75. The third-order valence-electron chi connectivity index (χ3n) is 11.8. The molecule has 3 unspecified atom stereocenters. The van der Waals surface area contributed by atoms with Crippen LogP contribution in [-0.4, -0.2) is 61.5 Å². The first-order chi connectivity index (χ1) is 30.6. The van der Waals surface area contributed by atoms with Crippen LogP contribution >= 0.6 is 0 Å². The number of aliphatic hydroxyl groups is 1. The highest BCUT2D eigenvalue weighted by Gasteiger charge is 2.12. The number of ether oxygens (including phenoxy) is 1. The molecular formula is C58H119NO4. The monoisotopic (exact) mass is 894 g/mol. The molecule has 0 fully saturated rings. The second kappa shape index (κ2) is 67.3. The van der Waals surface area contributed by atoms with Gasteiger partial charge in [-0.2, -0.15) is 0 Å². The minimum Gasteiger partial charge on any atom is -0.392 e. The molecule has 0 aliphatic carbocycles. The van der Waals surface area contributed by atoms with Crippen molar-refractivity contribution < 1.29 is 19.4 Å². The summed E-state index contributed by atoms with van der Waals surface area (Å²) in [5, 5.41) is 10.0. The molecule has 380 valence electrons. The average molecular weight is 895 g/mol. The number of methoxy groups -OCH3 is 1. The molecule has 0 saturated heterocycles. The molecule has 0 aromatic heterocycles. The first-order valence-electron chi connectivity index (χ1n) is 27.6. The number of carbonyl (C=O) groups excluding carboxylic acids is 2. The van der Waals surface area contributed by atoms with Crippen molar-refractivity contribution in [3.05, 3.63) is 24.8 Å². The van der Waals surface area contributed by atoms with E-state index >= 15 is 0 Å². The SMILES string of the molecule is C/C=C\C.C=CC.CCCCCCCCC(CC)CCCCCC.CCCCCCCCC(CCCCCC)COC.CCCCN(CCCCCC(C)=O)CC(O)CCCC=O. The maximum atomic E-state index is 10.9. The largest absolute Gasteiger partial charge is 0.392 e. The number of aliphatic hydroxyl groups excluding tert-OH is 1. The Hall–Kier alpha value is -1.30. The fraction of sp³-hybridized carbons (Fsp3) is 0.897. The molecule has 0 amide bonds. The van der Waals surface area contributed by atoms with Crippen molar-refractivity contribution in [2.24, 2.45) is 11.8 Å². The normalized spacial score (nSPS) is 12.1. The average Bonchev–Trinajstić information content (AvgIpc) is 3.27. The summed E-state index contributed by atoms with van der Waals surface area (Å²) >= 11 is 0. The van der Waals surface area contributed by atoms with Crippen molar-refractivity contribution >= 4 is 12.1 Å². The number of nitrogens with zero attached hydrogens (tertiary/aromatic N) is 1. The van der Waals surface area contributed by atoms with E-state index in [1.807, 2.05) is 40.0 Å². The van der Waals surface area contributed by atoms with Crippen LogP contribution < -0.4 is 0 Å². The zero-order valence-corrected chi connectivity index (χ0v) is 45.2. The van der Waals surface area contributed by atoms with Gasteiger partial charge in [0.2, 0.25) is 0 Å². The molecule has 0 rings (SSSR count). The highest BCUT2D eigenvalue weighted by atomic mass is 16.5. The van der Waals surface area contributed by atoms with Crippen LogP contribution in [0.3, 0.4) is 0 Å². The number of hydrogen-bond donors (Lipinski definition) is 1. The van der Waals surface area contributed by atoms with E-state index in [2.05, 4.69) is 53.0 Å². The molecule has 0 radical (unpaired) electrons. The second-order valence-electron chi connectivity index (χ2n) is 18.4. The van der Waals surface area contributed by atoms with E-state index in [-0.39, 0.29) is 11.9 Å². The number of hydrogen-bond acceptors (Lipinski definition) is 5. The summed E-state index contributed by atoms with van der Waals surface area (Å²) in [4.78, 5) is 23.5. The number of Topliss-reactive ketones (excluding diaryl/α,β-unsaturated/α-hetero) is 1. The summed E-state index contributed by atoms with van der Waals surface area (Å²) in [6.45, 7) is 28.3. The van der Waals surface area contributed by atoms with Gasteiger partial charge in [-0.1, -0.05) is 220 Å². The van der Waals surface area contributed by atoms with Crippen LogP contribution in [0.1, 0.15) is 288 Å². The summed E-state index contributed by atoms with van der Waals surface area (Å²) in [6, 6.07) is 0. The van der Waals surface area contributed by atoms with Crippen LogP contribution in [-0.2, 0) is 14.3 Å². The van der Waals surface area contributed by atoms with Gasteiger partial charge in [0, 0.05) is 33.1 Å². The van der Waals surface area contributed by atoms with Crippen LogP contribution in [0.2, 0.25) is 0 Å². The van der Waals surface area contributed by atoms with Gasteiger partial charge in [-0.15, -0.1) is 6.58 Å². The van der Waals surface area contributed by atoms with Gasteiger partial charge in [0.1, 0.15) is 12.1 Å². The molecule has 0 aliphatic rings. The summed E-state index contributed by atoms with van der Waals surface area (Å²) < 4.78 is 5.36. The quantitative estimate of drug-likeness (QED) is 0.0376. The standard InChI is InChI=1S/C17H33NO3.C17H36O.C17H36.C4H8.C3H6/c1-3-4-12-18(13-8-5-6-10-16(2)20)15-17(21)11-7-9-14-19;1-4-6-8-10-11-13-15-17(16-18-3)14-12-9-7-5-2;1-4-7-9-11-12-14-16-17(6-3)15-13-10-8-5-2;1-3-4-2;1-3-2/h14,17,21H,3-13,15H2,1-2H3;17H,4-16H2,1-3H3;17H,4-16H2,1-3H3;3-4H,1-2H3;3H,1H2,2H3/b;;;4-3-;.